The lowest BCUT2D eigenvalue weighted by Gasteiger charge is -2.35. The molecule has 1 spiro atoms. The molecule has 2 aliphatic carbocycles. The monoisotopic (exact) mass is 788 g/mol. The van der Waals surface area contributed by atoms with E-state index in [4.69, 9.17) is 14.4 Å². The molecule has 2 aromatic heterocycles. The lowest BCUT2D eigenvalue weighted by atomic mass is 9.66. The molecule has 3 nitrogen and oxygen atoms in total. The summed E-state index contributed by atoms with van der Waals surface area (Å²) in [5.74, 6) is 0.666. The number of benzene rings is 9. The molecule has 288 valence electrons. The second-order valence-corrected chi connectivity index (χ2v) is 16.4. The number of hydrogen-bond donors (Lipinski definition) is 0. The Morgan fingerprint density at radius 3 is 1.48 bits per heavy atom. The fraction of sp³-hybridized carbons (Fsp3) is 0.0169. The third-order valence-electron chi connectivity index (χ3n) is 13.1. The molecular formula is C59H36N2O. The molecule has 62 heavy (non-hydrogen) atoms. The quantitative estimate of drug-likeness (QED) is 0.178. The van der Waals surface area contributed by atoms with E-state index in [1.807, 2.05) is 12.1 Å². The highest BCUT2D eigenvalue weighted by Gasteiger charge is 2.49. The lowest BCUT2D eigenvalue weighted by molar-refractivity contribution is 0.669. The van der Waals surface area contributed by atoms with Crippen molar-refractivity contribution in [2.24, 2.45) is 0 Å². The van der Waals surface area contributed by atoms with Crippen LogP contribution in [0, 0.1) is 0 Å². The molecule has 13 rings (SSSR count). The molecule has 2 aliphatic rings. The minimum atomic E-state index is -0.606. The van der Waals surface area contributed by atoms with Crippen molar-refractivity contribution in [3.05, 3.63) is 241 Å². The van der Waals surface area contributed by atoms with Gasteiger partial charge in [0.25, 0.3) is 0 Å². The van der Waals surface area contributed by atoms with Crippen LogP contribution < -0.4 is 0 Å². The minimum Gasteiger partial charge on any atom is -0.456 e. The Labute approximate surface area is 359 Å². The molecule has 0 amide bonds. The third-order valence-corrected chi connectivity index (χ3v) is 13.1. The molecule has 0 aliphatic heterocycles. The van der Waals surface area contributed by atoms with Crippen molar-refractivity contribution < 1.29 is 4.42 Å². The second kappa shape index (κ2) is 13.4. The summed E-state index contributed by atoms with van der Waals surface area (Å²) in [7, 11) is 0. The van der Waals surface area contributed by atoms with Gasteiger partial charge in [0, 0.05) is 27.5 Å². The maximum Gasteiger partial charge on any atom is 0.160 e. The van der Waals surface area contributed by atoms with Gasteiger partial charge in [0.05, 0.1) is 16.8 Å². The van der Waals surface area contributed by atoms with Gasteiger partial charge in [0.1, 0.15) is 11.2 Å². The van der Waals surface area contributed by atoms with Crippen LogP contribution in [0.4, 0.5) is 0 Å². The van der Waals surface area contributed by atoms with Gasteiger partial charge in [-0.15, -0.1) is 0 Å². The zero-order valence-corrected chi connectivity index (χ0v) is 33.6. The maximum absolute atomic E-state index is 6.40. The highest BCUT2D eigenvalue weighted by atomic mass is 16.3. The summed E-state index contributed by atoms with van der Waals surface area (Å²) >= 11 is 0. The molecule has 0 bridgehead atoms. The maximum atomic E-state index is 6.40. The summed E-state index contributed by atoms with van der Waals surface area (Å²) in [5, 5.41) is 2.19. The molecule has 0 atom stereocenters. The fourth-order valence-corrected chi connectivity index (χ4v) is 10.4. The van der Waals surface area contributed by atoms with E-state index in [0.717, 1.165) is 61.1 Å². The lowest BCUT2D eigenvalue weighted by Crippen LogP contribution is -2.29. The third kappa shape index (κ3) is 5.06. The zero-order chi connectivity index (χ0) is 40.8. The predicted octanol–water partition coefficient (Wildman–Crippen LogP) is 15.1. The van der Waals surface area contributed by atoms with Crippen LogP contribution in [-0.2, 0) is 5.41 Å². The first-order chi connectivity index (χ1) is 30.7. The van der Waals surface area contributed by atoms with Gasteiger partial charge in [0.15, 0.2) is 5.82 Å². The number of para-hydroxylation sites is 1. The van der Waals surface area contributed by atoms with Crippen molar-refractivity contribution in [1.29, 1.82) is 0 Å². The topological polar surface area (TPSA) is 38.9 Å². The average molecular weight is 789 g/mol. The van der Waals surface area contributed by atoms with Crippen molar-refractivity contribution in [2.75, 3.05) is 0 Å². The van der Waals surface area contributed by atoms with Crippen molar-refractivity contribution >= 4 is 21.9 Å². The Morgan fingerprint density at radius 1 is 0.290 bits per heavy atom. The Hall–Kier alpha value is -8.14. The highest BCUT2D eigenvalue weighted by Crippen LogP contribution is 2.61. The van der Waals surface area contributed by atoms with Gasteiger partial charge in [-0.2, -0.15) is 0 Å². The molecule has 0 N–H and O–H groups in total. The largest absolute Gasteiger partial charge is 0.456 e. The van der Waals surface area contributed by atoms with Crippen molar-refractivity contribution in [3.63, 3.8) is 0 Å². The van der Waals surface area contributed by atoms with Gasteiger partial charge in [-0.25, -0.2) is 9.97 Å². The summed E-state index contributed by atoms with van der Waals surface area (Å²) < 4.78 is 6.40. The molecule has 0 fully saturated rings. The summed E-state index contributed by atoms with van der Waals surface area (Å²) in [5.41, 5.74) is 20.5. The number of aromatic nitrogens is 2. The van der Waals surface area contributed by atoms with Crippen LogP contribution in [0.25, 0.3) is 100 Å². The van der Waals surface area contributed by atoms with Crippen molar-refractivity contribution in [3.8, 4) is 78.4 Å². The summed E-state index contributed by atoms with van der Waals surface area (Å²) in [4.78, 5) is 10.9. The van der Waals surface area contributed by atoms with Gasteiger partial charge in [-0.3, -0.25) is 0 Å². The number of fused-ring (bicyclic) bond motifs is 15. The van der Waals surface area contributed by atoms with Gasteiger partial charge in [-0.1, -0.05) is 182 Å². The standard InChI is InChI=1S/C59H36N2O/c1-2-15-37(16-3-1)38-17-14-18-39(33-38)54-36-55(40-29-32-49-48-24-9-13-28-56(48)62-57(49)35-40)61-58(60-54)41-30-31-47-46-23-8-12-27-52(46)59(53(47)34-41)50-25-10-6-21-44(50)42-19-4-5-20-43(42)45-22-7-11-26-51(45)59/h1-36H. The number of nitrogens with zero attached hydrogens (tertiary/aromatic N) is 2. The van der Waals surface area contributed by atoms with Gasteiger partial charge < -0.3 is 4.42 Å². The first-order valence-corrected chi connectivity index (χ1v) is 21.2. The fourth-order valence-electron chi connectivity index (χ4n) is 10.4. The van der Waals surface area contributed by atoms with Crippen LogP contribution in [-0.4, -0.2) is 9.97 Å². The Bertz CT molecular complexity index is 3530. The number of hydrogen-bond acceptors (Lipinski definition) is 3. The molecule has 3 heteroatoms. The van der Waals surface area contributed by atoms with Gasteiger partial charge >= 0.3 is 0 Å². The van der Waals surface area contributed by atoms with Gasteiger partial charge in [-0.05, 0) is 103 Å². The summed E-state index contributed by atoms with van der Waals surface area (Å²) in [6.07, 6.45) is 0. The van der Waals surface area contributed by atoms with Crippen LogP contribution in [0.15, 0.2) is 223 Å². The Balaban J connectivity index is 1.07. The molecule has 11 aromatic rings. The molecular weight excluding hydrogens is 753 g/mol. The molecule has 0 saturated carbocycles. The zero-order valence-electron chi connectivity index (χ0n) is 33.6. The van der Waals surface area contributed by atoms with E-state index in [2.05, 4.69) is 206 Å². The normalized spacial score (nSPS) is 13.0. The summed E-state index contributed by atoms with van der Waals surface area (Å²) in [6, 6.07) is 78.7. The Kier molecular flexibility index (Phi) is 7.52. The van der Waals surface area contributed by atoms with Gasteiger partial charge in [0.2, 0.25) is 0 Å². The van der Waals surface area contributed by atoms with Crippen LogP contribution in [0.5, 0.6) is 0 Å². The van der Waals surface area contributed by atoms with E-state index in [1.165, 1.54) is 55.6 Å². The van der Waals surface area contributed by atoms with E-state index < -0.39 is 5.41 Å². The average Bonchev–Trinajstić information content (AvgIpc) is 3.84. The van der Waals surface area contributed by atoms with Crippen LogP contribution in [0.2, 0.25) is 0 Å². The molecule has 2 heterocycles. The SMILES string of the molecule is c1ccc(-c2cccc(-c3cc(-c4ccc5c(c4)oc4ccccc45)nc(-c4ccc5c(c4)C4(c6ccccc6-c6ccccc6-c6ccccc64)c4ccccc4-5)n3)c2)cc1. The predicted molar refractivity (Wildman–Crippen MR) is 253 cm³/mol. The minimum absolute atomic E-state index is 0.606. The van der Waals surface area contributed by atoms with E-state index in [0.29, 0.717) is 5.82 Å². The van der Waals surface area contributed by atoms with E-state index in [-0.39, 0.29) is 0 Å². The molecule has 0 saturated heterocycles. The smallest absolute Gasteiger partial charge is 0.160 e. The number of rotatable bonds is 4. The summed E-state index contributed by atoms with van der Waals surface area (Å²) in [6.45, 7) is 0. The van der Waals surface area contributed by atoms with Crippen molar-refractivity contribution in [1.82, 2.24) is 9.97 Å². The highest BCUT2D eigenvalue weighted by molar-refractivity contribution is 6.06. The van der Waals surface area contributed by atoms with E-state index in [1.54, 1.807) is 0 Å². The first kappa shape index (κ1) is 34.7. The van der Waals surface area contributed by atoms with Crippen molar-refractivity contribution in [2.45, 2.75) is 5.41 Å². The molecule has 0 radical (unpaired) electrons. The van der Waals surface area contributed by atoms with Crippen LogP contribution in [0.1, 0.15) is 22.3 Å². The van der Waals surface area contributed by atoms with Crippen LogP contribution in [0.3, 0.4) is 0 Å². The molecule has 0 unspecified atom stereocenters. The first-order valence-electron chi connectivity index (χ1n) is 21.2. The molecule has 9 aromatic carbocycles. The Morgan fingerprint density at radius 2 is 0.790 bits per heavy atom. The number of furan rings is 1. The van der Waals surface area contributed by atoms with Crippen LogP contribution >= 0.6 is 0 Å². The van der Waals surface area contributed by atoms with E-state index in [9.17, 15) is 0 Å². The second-order valence-electron chi connectivity index (χ2n) is 16.4. The van der Waals surface area contributed by atoms with E-state index >= 15 is 0 Å².